The Morgan fingerprint density at radius 2 is 2.06 bits per heavy atom. The first-order chi connectivity index (χ1) is 8.09. The van der Waals surface area contributed by atoms with Crippen LogP contribution in [0.1, 0.15) is 31.7 Å². The van der Waals surface area contributed by atoms with Crippen molar-refractivity contribution in [1.82, 2.24) is 4.90 Å². The number of rotatable bonds is 2. The van der Waals surface area contributed by atoms with Crippen LogP contribution in [0.2, 0.25) is 0 Å². The van der Waals surface area contributed by atoms with E-state index in [0.29, 0.717) is 9.97 Å². The van der Waals surface area contributed by atoms with Gasteiger partial charge in [0.15, 0.2) is 0 Å². The smallest absolute Gasteiger partial charge is 0.230 e. The predicted octanol–water partition coefficient (Wildman–Crippen LogP) is 3.42. The van der Waals surface area contributed by atoms with Gasteiger partial charge in [0.25, 0.3) is 0 Å². The summed E-state index contributed by atoms with van der Waals surface area (Å²) in [7, 11) is 0. The molecule has 1 aromatic carbocycles. The molecule has 1 aliphatic rings. The van der Waals surface area contributed by atoms with E-state index in [1.807, 2.05) is 42.2 Å². The highest BCUT2D eigenvalue weighted by Crippen LogP contribution is 2.30. The van der Waals surface area contributed by atoms with Crippen molar-refractivity contribution >= 4 is 28.5 Å². The third-order valence-corrected chi connectivity index (χ3v) is 4.58. The Hall–Kier alpha value is -0.580. The number of benzene rings is 1. The second-order valence-electron chi connectivity index (χ2n) is 4.90. The van der Waals surface area contributed by atoms with E-state index < -0.39 is 0 Å². The van der Waals surface area contributed by atoms with Gasteiger partial charge < -0.3 is 4.90 Å². The lowest BCUT2D eigenvalue weighted by molar-refractivity contribution is -0.131. The molecule has 3 atom stereocenters. The van der Waals surface area contributed by atoms with Crippen LogP contribution in [0.4, 0.5) is 0 Å². The summed E-state index contributed by atoms with van der Waals surface area (Å²) >= 11 is 2.38. The van der Waals surface area contributed by atoms with Crippen LogP contribution in [0.3, 0.4) is 0 Å². The third-order valence-electron chi connectivity index (χ3n) is 3.40. The minimum Gasteiger partial charge on any atom is -0.330 e. The molecule has 1 saturated heterocycles. The van der Waals surface area contributed by atoms with Gasteiger partial charge in [0, 0.05) is 6.54 Å². The van der Waals surface area contributed by atoms with Crippen molar-refractivity contribution in [2.75, 3.05) is 6.54 Å². The molecular formula is C14H18INO. The van der Waals surface area contributed by atoms with E-state index in [0.717, 1.165) is 18.5 Å². The standard InChI is InChI=1S/C14H18INO/c1-10-8-13(15)16(9-10)14(17)11(2)12-6-4-3-5-7-12/h3-7,10-11,13H,8-9H2,1-2H3/t10?,11?,13-/m0/s1. The highest BCUT2D eigenvalue weighted by Gasteiger charge is 2.33. The molecule has 3 heteroatoms. The summed E-state index contributed by atoms with van der Waals surface area (Å²) in [5.41, 5.74) is 1.11. The lowest BCUT2D eigenvalue weighted by Crippen LogP contribution is -2.35. The zero-order chi connectivity index (χ0) is 12.4. The predicted molar refractivity (Wildman–Crippen MR) is 78.2 cm³/mol. The van der Waals surface area contributed by atoms with Crippen LogP contribution in [0.25, 0.3) is 0 Å². The Morgan fingerprint density at radius 3 is 2.59 bits per heavy atom. The van der Waals surface area contributed by atoms with Crippen molar-refractivity contribution in [2.45, 2.75) is 30.2 Å². The highest BCUT2D eigenvalue weighted by atomic mass is 127. The number of alkyl halides is 1. The van der Waals surface area contributed by atoms with Crippen LogP contribution in [-0.4, -0.2) is 21.4 Å². The highest BCUT2D eigenvalue weighted by molar-refractivity contribution is 14.1. The van der Waals surface area contributed by atoms with E-state index in [1.54, 1.807) is 0 Å². The molecule has 2 rings (SSSR count). The van der Waals surface area contributed by atoms with Crippen molar-refractivity contribution in [3.63, 3.8) is 0 Å². The van der Waals surface area contributed by atoms with Gasteiger partial charge in [-0.2, -0.15) is 0 Å². The Labute approximate surface area is 117 Å². The maximum atomic E-state index is 12.4. The van der Waals surface area contributed by atoms with Gasteiger partial charge in [-0.15, -0.1) is 0 Å². The normalized spacial score (nSPS) is 25.9. The van der Waals surface area contributed by atoms with E-state index in [-0.39, 0.29) is 11.8 Å². The van der Waals surface area contributed by atoms with Crippen molar-refractivity contribution < 1.29 is 4.79 Å². The van der Waals surface area contributed by atoms with Gasteiger partial charge in [0.2, 0.25) is 5.91 Å². The Bertz CT molecular complexity index is 392. The van der Waals surface area contributed by atoms with Crippen molar-refractivity contribution in [2.24, 2.45) is 5.92 Å². The van der Waals surface area contributed by atoms with E-state index in [4.69, 9.17) is 0 Å². The molecule has 1 heterocycles. The second kappa shape index (κ2) is 5.38. The molecule has 17 heavy (non-hydrogen) atoms. The Kier molecular flexibility index (Phi) is 4.07. The van der Waals surface area contributed by atoms with Gasteiger partial charge in [-0.25, -0.2) is 0 Å². The average molecular weight is 343 g/mol. The lowest BCUT2D eigenvalue weighted by Gasteiger charge is -2.24. The van der Waals surface area contributed by atoms with E-state index in [2.05, 4.69) is 29.5 Å². The maximum absolute atomic E-state index is 12.4. The van der Waals surface area contributed by atoms with Crippen LogP contribution in [0.5, 0.6) is 0 Å². The quantitative estimate of drug-likeness (QED) is 0.458. The van der Waals surface area contributed by atoms with Crippen molar-refractivity contribution in [3.05, 3.63) is 35.9 Å². The summed E-state index contributed by atoms with van der Waals surface area (Å²) in [5.74, 6) is 0.863. The summed E-state index contributed by atoms with van der Waals surface area (Å²) in [4.78, 5) is 14.5. The molecule has 0 bridgehead atoms. The summed E-state index contributed by atoms with van der Waals surface area (Å²) in [6.07, 6.45) is 1.12. The fraction of sp³-hybridized carbons (Fsp3) is 0.500. The van der Waals surface area contributed by atoms with Gasteiger partial charge in [-0.05, 0) is 24.8 Å². The zero-order valence-corrected chi connectivity index (χ0v) is 12.4. The van der Waals surface area contributed by atoms with Crippen LogP contribution in [0, 0.1) is 5.92 Å². The van der Waals surface area contributed by atoms with Crippen LogP contribution >= 0.6 is 22.6 Å². The number of hydrogen-bond acceptors (Lipinski definition) is 1. The first kappa shape index (κ1) is 12.9. The molecule has 0 N–H and O–H groups in total. The molecule has 0 radical (unpaired) electrons. The minimum atomic E-state index is -0.0289. The van der Waals surface area contributed by atoms with Crippen LogP contribution in [-0.2, 0) is 4.79 Å². The molecule has 1 aliphatic heterocycles. The number of hydrogen-bond donors (Lipinski definition) is 0. The molecule has 2 unspecified atom stereocenters. The summed E-state index contributed by atoms with van der Waals surface area (Å²) < 4.78 is 0.362. The summed E-state index contributed by atoms with van der Waals surface area (Å²) in [6.45, 7) is 5.12. The topological polar surface area (TPSA) is 20.3 Å². The van der Waals surface area contributed by atoms with E-state index >= 15 is 0 Å². The van der Waals surface area contributed by atoms with E-state index in [9.17, 15) is 4.79 Å². The molecule has 1 amide bonds. The molecule has 0 saturated carbocycles. The van der Waals surface area contributed by atoms with Gasteiger partial charge in [-0.3, -0.25) is 4.79 Å². The molecule has 0 aromatic heterocycles. The first-order valence-electron chi connectivity index (χ1n) is 6.09. The number of amides is 1. The molecule has 0 aliphatic carbocycles. The Balaban J connectivity index is 2.10. The average Bonchev–Trinajstić information content (AvgIpc) is 2.68. The number of carbonyl (C=O) groups is 1. The molecule has 1 aromatic rings. The molecule has 1 fully saturated rings. The fourth-order valence-corrected chi connectivity index (χ4v) is 3.72. The number of nitrogens with zero attached hydrogens (tertiary/aromatic N) is 1. The second-order valence-corrected chi connectivity index (χ2v) is 6.34. The van der Waals surface area contributed by atoms with Crippen LogP contribution in [0.15, 0.2) is 30.3 Å². The molecular weight excluding hydrogens is 325 g/mol. The first-order valence-corrected chi connectivity index (χ1v) is 7.33. The Morgan fingerprint density at radius 1 is 1.41 bits per heavy atom. The zero-order valence-electron chi connectivity index (χ0n) is 10.3. The largest absolute Gasteiger partial charge is 0.330 e. The van der Waals surface area contributed by atoms with Gasteiger partial charge in [0.1, 0.15) is 0 Å². The number of carbonyl (C=O) groups excluding carboxylic acids is 1. The van der Waals surface area contributed by atoms with Gasteiger partial charge in [-0.1, -0.05) is 59.8 Å². The van der Waals surface area contributed by atoms with Gasteiger partial charge in [0.05, 0.1) is 9.97 Å². The lowest BCUT2D eigenvalue weighted by atomic mass is 10.00. The minimum absolute atomic E-state index is 0.0289. The molecule has 92 valence electrons. The number of halogens is 1. The summed E-state index contributed by atoms with van der Waals surface area (Å²) in [6, 6.07) is 10.0. The summed E-state index contributed by atoms with van der Waals surface area (Å²) in [5, 5.41) is 0. The third kappa shape index (κ3) is 2.81. The van der Waals surface area contributed by atoms with E-state index in [1.165, 1.54) is 0 Å². The molecule has 0 spiro atoms. The molecule has 2 nitrogen and oxygen atoms in total. The van der Waals surface area contributed by atoms with Gasteiger partial charge >= 0.3 is 0 Å². The maximum Gasteiger partial charge on any atom is 0.230 e. The SMILES string of the molecule is CC1C[C@@H](I)N(C(=O)C(C)c2ccccc2)C1. The number of likely N-dealkylation sites (tertiary alicyclic amines) is 1. The van der Waals surface area contributed by atoms with Crippen molar-refractivity contribution in [3.8, 4) is 0 Å². The van der Waals surface area contributed by atoms with Crippen LogP contribution < -0.4 is 0 Å². The monoisotopic (exact) mass is 343 g/mol. The van der Waals surface area contributed by atoms with Crippen molar-refractivity contribution in [1.29, 1.82) is 0 Å². The fourth-order valence-electron chi connectivity index (χ4n) is 2.35.